The van der Waals surface area contributed by atoms with Gasteiger partial charge in [-0.05, 0) is 45.1 Å². The van der Waals surface area contributed by atoms with Crippen LogP contribution in [0.5, 0.6) is 0 Å². The Balaban J connectivity index is 0.000000771. The van der Waals surface area contributed by atoms with Gasteiger partial charge in [-0.3, -0.25) is 4.79 Å². The zero-order chi connectivity index (χ0) is 13.4. The van der Waals surface area contributed by atoms with Gasteiger partial charge in [0.2, 0.25) is 5.91 Å². The number of para-hydroxylation sites is 1. The first kappa shape index (κ1) is 14.7. The van der Waals surface area contributed by atoms with Gasteiger partial charge < -0.3 is 10.2 Å². The zero-order valence-electron chi connectivity index (χ0n) is 11.6. The van der Waals surface area contributed by atoms with Gasteiger partial charge in [-0.2, -0.15) is 0 Å². The highest BCUT2D eigenvalue weighted by molar-refractivity contribution is 5.92. The van der Waals surface area contributed by atoms with E-state index in [1.54, 1.807) is 0 Å². The van der Waals surface area contributed by atoms with Crippen LogP contribution in [0.3, 0.4) is 0 Å². The van der Waals surface area contributed by atoms with Gasteiger partial charge in [0.25, 0.3) is 0 Å². The van der Waals surface area contributed by atoms with E-state index in [1.807, 2.05) is 44.2 Å². The highest BCUT2D eigenvalue weighted by Crippen LogP contribution is 2.18. The molecule has 1 heterocycles. The molecule has 1 aliphatic heterocycles. The van der Waals surface area contributed by atoms with Crippen LogP contribution in [-0.2, 0) is 4.79 Å². The van der Waals surface area contributed by atoms with Crippen LogP contribution < -0.4 is 5.32 Å². The molecule has 1 fully saturated rings. The van der Waals surface area contributed by atoms with E-state index in [0.29, 0.717) is 0 Å². The molecule has 0 bridgehead atoms. The average molecular weight is 248 g/mol. The first-order chi connectivity index (χ1) is 8.75. The number of carbonyl (C=O) groups is 1. The molecule has 18 heavy (non-hydrogen) atoms. The SMILES string of the molecule is CC.CN1CCC(C(=O)Nc2ccccc2)CC1. The van der Waals surface area contributed by atoms with Crippen LogP contribution in [0, 0.1) is 5.92 Å². The molecule has 1 aliphatic rings. The lowest BCUT2D eigenvalue weighted by atomic mass is 9.96. The van der Waals surface area contributed by atoms with Gasteiger partial charge in [0.1, 0.15) is 0 Å². The summed E-state index contributed by atoms with van der Waals surface area (Å²) >= 11 is 0. The van der Waals surface area contributed by atoms with Crippen LogP contribution >= 0.6 is 0 Å². The van der Waals surface area contributed by atoms with E-state index in [2.05, 4.69) is 17.3 Å². The minimum atomic E-state index is 0.166. The van der Waals surface area contributed by atoms with Gasteiger partial charge in [0.05, 0.1) is 0 Å². The molecular weight excluding hydrogens is 224 g/mol. The largest absolute Gasteiger partial charge is 0.326 e. The van der Waals surface area contributed by atoms with Gasteiger partial charge in [-0.1, -0.05) is 32.0 Å². The monoisotopic (exact) mass is 248 g/mol. The van der Waals surface area contributed by atoms with Crippen LogP contribution in [0.2, 0.25) is 0 Å². The molecule has 0 spiro atoms. The van der Waals surface area contributed by atoms with Crippen LogP contribution in [-0.4, -0.2) is 30.9 Å². The van der Waals surface area contributed by atoms with Gasteiger partial charge in [-0.25, -0.2) is 0 Å². The van der Waals surface area contributed by atoms with Crippen molar-refractivity contribution in [2.24, 2.45) is 5.92 Å². The molecule has 0 radical (unpaired) electrons. The fraction of sp³-hybridized carbons (Fsp3) is 0.533. The summed E-state index contributed by atoms with van der Waals surface area (Å²) < 4.78 is 0. The molecule has 1 aromatic rings. The number of nitrogens with zero attached hydrogens (tertiary/aromatic N) is 1. The van der Waals surface area contributed by atoms with E-state index in [9.17, 15) is 4.79 Å². The third-order valence-electron chi connectivity index (χ3n) is 3.13. The Hall–Kier alpha value is -1.35. The number of rotatable bonds is 2. The number of anilines is 1. The Morgan fingerprint density at radius 2 is 1.72 bits per heavy atom. The highest BCUT2D eigenvalue weighted by Gasteiger charge is 2.23. The number of benzene rings is 1. The van der Waals surface area contributed by atoms with Crippen molar-refractivity contribution in [3.8, 4) is 0 Å². The summed E-state index contributed by atoms with van der Waals surface area (Å²) in [6.07, 6.45) is 1.93. The fourth-order valence-electron chi connectivity index (χ4n) is 2.04. The van der Waals surface area contributed by atoms with Gasteiger partial charge in [0, 0.05) is 11.6 Å². The van der Waals surface area contributed by atoms with Crippen LogP contribution in [0.1, 0.15) is 26.7 Å². The van der Waals surface area contributed by atoms with Crippen molar-refractivity contribution in [2.75, 3.05) is 25.5 Å². The van der Waals surface area contributed by atoms with Crippen molar-refractivity contribution >= 4 is 11.6 Å². The molecule has 0 unspecified atom stereocenters. The Labute approximate surface area is 110 Å². The lowest BCUT2D eigenvalue weighted by Crippen LogP contribution is -2.35. The predicted octanol–water partition coefficient (Wildman–Crippen LogP) is 2.99. The summed E-state index contributed by atoms with van der Waals surface area (Å²) in [5.41, 5.74) is 0.895. The Morgan fingerprint density at radius 1 is 1.17 bits per heavy atom. The van der Waals surface area contributed by atoms with Crippen molar-refractivity contribution in [3.63, 3.8) is 0 Å². The summed E-state index contributed by atoms with van der Waals surface area (Å²) in [6, 6.07) is 9.67. The second-order valence-electron chi connectivity index (χ2n) is 4.43. The Kier molecular flexibility index (Phi) is 6.44. The quantitative estimate of drug-likeness (QED) is 0.872. The summed E-state index contributed by atoms with van der Waals surface area (Å²) in [5.74, 6) is 0.343. The Bertz CT molecular complexity index is 343. The molecule has 0 atom stereocenters. The molecular formula is C15H24N2O. The second kappa shape index (κ2) is 7.88. The number of carbonyl (C=O) groups excluding carboxylic acids is 1. The molecule has 1 amide bonds. The van der Waals surface area contributed by atoms with Crippen molar-refractivity contribution in [3.05, 3.63) is 30.3 Å². The molecule has 1 saturated heterocycles. The van der Waals surface area contributed by atoms with E-state index < -0.39 is 0 Å². The number of hydrogen-bond donors (Lipinski definition) is 1. The molecule has 1 N–H and O–H groups in total. The fourth-order valence-corrected chi connectivity index (χ4v) is 2.04. The molecule has 2 rings (SSSR count). The molecule has 3 heteroatoms. The maximum absolute atomic E-state index is 11.9. The maximum Gasteiger partial charge on any atom is 0.227 e. The average Bonchev–Trinajstić information content (AvgIpc) is 2.43. The third-order valence-corrected chi connectivity index (χ3v) is 3.13. The minimum absolute atomic E-state index is 0.166. The molecule has 3 nitrogen and oxygen atoms in total. The summed E-state index contributed by atoms with van der Waals surface area (Å²) in [7, 11) is 2.10. The summed E-state index contributed by atoms with van der Waals surface area (Å²) in [4.78, 5) is 14.2. The van der Waals surface area contributed by atoms with Crippen molar-refractivity contribution in [2.45, 2.75) is 26.7 Å². The predicted molar refractivity (Wildman–Crippen MR) is 76.6 cm³/mol. The highest BCUT2D eigenvalue weighted by atomic mass is 16.1. The minimum Gasteiger partial charge on any atom is -0.326 e. The number of amides is 1. The molecule has 1 aromatic carbocycles. The van der Waals surface area contributed by atoms with Gasteiger partial charge in [-0.15, -0.1) is 0 Å². The molecule has 0 aliphatic carbocycles. The van der Waals surface area contributed by atoms with E-state index in [1.165, 1.54) is 0 Å². The standard InChI is InChI=1S/C13H18N2O.C2H6/c1-15-9-7-11(8-10-15)13(16)14-12-5-3-2-4-6-12;1-2/h2-6,11H,7-10H2,1H3,(H,14,16);1-2H3. The van der Waals surface area contributed by atoms with Crippen molar-refractivity contribution in [1.29, 1.82) is 0 Å². The van der Waals surface area contributed by atoms with E-state index in [4.69, 9.17) is 0 Å². The second-order valence-corrected chi connectivity index (χ2v) is 4.43. The number of hydrogen-bond acceptors (Lipinski definition) is 2. The van der Waals surface area contributed by atoms with Crippen LogP contribution in [0.4, 0.5) is 5.69 Å². The lowest BCUT2D eigenvalue weighted by molar-refractivity contribution is -0.121. The first-order valence-electron chi connectivity index (χ1n) is 6.80. The Morgan fingerprint density at radius 3 is 2.28 bits per heavy atom. The van der Waals surface area contributed by atoms with Crippen molar-refractivity contribution < 1.29 is 4.79 Å². The van der Waals surface area contributed by atoms with Crippen molar-refractivity contribution in [1.82, 2.24) is 4.90 Å². The molecule has 0 saturated carbocycles. The van der Waals surface area contributed by atoms with Crippen LogP contribution in [0.15, 0.2) is 30.3 Å². The first-order valence-corrected chi connectivity index (χ1v) is 6.80. The summed E-state index contributed by atoms with van der Waals surface area (Å²) in [6.45, 7) is 6.04. The lowest BCUT2D eigenvalue weighted by Gasteiger charge is -2.28. The number of piperidine rings is 1. The molecule has 100 valence electrons. The summed E-state index contributed by atoms with van der Waals surface area (Å²) in [5, 5.41) is 2.97. The topological polar surface area (TPSA) is 32.3 Å². The normalized spacial score (nSPS) is 16.6. The number of likely N-dealkylation sites (tertiary alicyclic amines) is 1. The van der Waals surface area contributed by atoms with E-state index >= 15 is 0 Å². The smallest absolute Gasteiger partial charge is 0.227 e. The third kappa shape index (κ3) is 4.49. The van der Waals surface area contributed by atoms with Gasteiger partial charge in [0.15, 0.2) is 0 Å². The van der Waals surface area contributed by atoms with Crippen LogP contribution in [0.25, 0.3) is 0 Å². The zero-order valence-corrected chi connectivity index (χ0v) is 11.6. The maximum atomic E-state index is 11.9. The van der Waals surface area contributed by atoms with E-state index in [0.717, 1.165) is 31.6 Å². The molecule has 0 aromatic heterocycles. The number of nitrogens with one attached hydrogen (secondary N) is 1. The van der Waals surface area contributed by atoms with E-state index in [-0.39, 0.29) is 11.8 Å². The van der Waals surface area contributed by atoms with Gasteiger partial charge >= 0.3 is 0 Å².